The number of nitrogens with two attached hydrogens (primary N) is 1. The number of benzene rings is 1. The number of likely N-dealkylation sites (tertiary alicyclic amines) is 1. The Morgan fingerprint density at radius 1 is 1.17 bits per heavy atom. The van der Waals surface area contributed by atoms with E-state index in [-0.39, 0.29) is 5.54 Å². The van der Waals surface area contributed by atoms with Gasteiger partial charge in [-0.25, -0.2) is 0 Å². The number of hydrogen-bond acceptors (Lipinski definition) is 4. The summed E-state index contributed by atoms with van der Waals surface area (Å²) in [6, 6.07) is 4.30. The summed E-state index contributed by atoms with van der Waals surface area (Å²) in [6.45, 7) is 9.72. The highest BCUT2D eigenvalue weighted by Gasteiger charge is 2.32. The second-order valence-electron chi connectivity index (χ2n) is 8.07. The molecule has 1 saturated heterocycles. The van der Waals surface area contributed by atoms with Crippen LogP contribution in [0.4, 0.5) is 5.69 Å². The molecule has 2 aliphatic rings. The van der Waals surface area contributed by atoms with Crippen LogP contribution in [-0.2, 0) is 4.74 Å². The summed E-state index contributed by atoms with van der Waals surface area (Å²) in [6.07, 6.45) is 5.08. The molecule has 4 nitrogen and oxygen atoms in total. The van der Waals surface area contributed by atoms with Crippen LogP contribution in [0.15, 0.2) is 12.1 Å². The van der Waals surface area contributed by atoms with Crippen molar-refractivity contribution in [3.8, 4) is 5.75 Å². The molecule has 0 amide bonds. The van der Waals surface area contributed by atoms with Crippen LogP contribution in [0.2, 0.25) is 0 Å². The van der Waals surface area contributed by atoms with E-state index in [2.05, 4.69) is 37.8 Å². The lowest BCUT2D eigenvalue weighted by atomic mass is 9.85. The quantitative estimate of drug-likeness (QED) is 0.807. The fraction of sp³-hybridized carbons (Fsp3) is 0.700. The van der Waals surface area contributed by atoms with Crippen LogP contribution >= 0.6 is 0 Å². The van der Waals surface area contributed by atoms with Gasteiger partial charge in [-0.05, 0) is 88.7 Å². The van der Waals surface area contributed by atoms with Crippen molar-refractivity contribution in [3.63, 3.8) is 0 Å². The minimum atomic E-state index is 0.107. The molecule has 0 atom stereocenters. The third-order valence-corrected chi connectivity index (χ3v) is 5.50. The molecule has 4 heteroatoms. The second kappa shape index (κ2) is 6.93. The number of anilines is 1. The Hall–Kier alpha value is -1.26. The number of methoxy groups -OCH3 is 1. The number of piperidine rings is 1. The van der Waals surface area contributed by atoms with Crippen molar-refractivity contribution >= 4 is 5.69 Å². The number of ether oxygens (including phenoxy) is 2. The van der Waals surface area contributed by atoms with Gasteiger partial charge < -0.3 is 15.2 Å². The summed E-state index contributed by atoms with van der Waals surface area (Å²) < 4.78 is 11.4. The molecule has 1 aromatic rings. The van der Waals surface area contributed by atoms with Crippen LogP contribution < -0.4 is 10.5 Å². The van der Waals surface area contributed by atoms with E-state index in [0.29, 0.717) is 12.0 Å². The molecule has 3 rings (SSSR count). The molecule has 0 bridgehead atoms. The summed E-state index contributed by atoms with van der Waals surface area (Å²) in [5.41, 5.74) is 9.76. The first-order valence-electron chi connectivity index (χ1n) is 9.21. The van der Waals surface area contributed by atoms with E-state index in [1.165, 1.54) is 24.0 Å². The van der Waals surface area contributed by atoms with Crippen molar-refractivity contribution in [2.45, 2.75) is 64.0 Å². The van der Waals surface area contributed by atoms with E-state index in [1.807, 2.05) is 0 Å². The summed E-state index contributed by atoms with van der Waals surface area (Å²) >= 11 is 0. The molecule has 2 N–H and O–H groups in total. The minimum Gasteiger partial charge on any atom is -0.488 e. The van der Waals surface area contributed by atoms with Gasteiger partial charge in [0.25, 0.3) is 0 Å². The smallest absolute Gasteiger partial charge is 0.142 e. The number of rotatable bonds is 6. The van der Waals surface area contributed by atoms with Crippen molar-refractivity contribution < 1.29 is 9.47 Å². The maximum Gasteiger partial charge on any atom is 0.142 e. The second-order valence-corrected chi connectivity index (χ2v) is 8.07. The predicted octanol–water partition coefficient (Wildman–Crippen LogP) is 3.72. The average molecular weight is 332 g/mol. The first kappa shape index (κ1) is 17.6. The molecule has 134 valence electrons. The molecule has 1 aromatic carbocycles. The molecule has 1 saturated carbocycles. The van der Waals surface area contributed by atoms with Crippen LogP contribution in [-0.4, -0.2) is 43.3 Å². The Bertz CT molecular complexity index is 573. The summed E-state index contributed by atoms with van der Waals surface area (Å²) in [5.74, 6) is 1.49. The fourth-order valence-electron chi connectivity index (χ4n) is 3.87. The van der Waals surface area contributed by atoms with Crippen LogP contribution in [0.3, 0.4) is 0 Å². The van der Waals surface area contributed by atoms with E-state index in [4.69, 9.17) is 15.2 Å². The van der Waals surface area contributed by atoms with Crippen molar-refractivity contribution in [1.29, 1.82) is 0 Å². The maximum atomic E-state index is 6.16. The molecule has 0 aromatic heterocycles. The van der Waals surface area contributed by atoms with Gasteiger partial charge in [0.05, 0.1) is 18.4 Å². The third-order valence-electron chi connectivity index (χ3n) is 5.50. The molecule has 1 aliphatic heterocycles. The SMILES string of the molecule is COCC(C)(C)N1CCC(c2cc(OC3CC3)c(N)cc2C)CC1. The number of nitrogen functional groups attached to an aromatic ring is 1. The lowest BCUT2D eigenvalue weighted by Gasteiger charge is -2.43. The van der Waals surface area contributed by atoms with Crippen molar-refractivity contribution in [2.24, 2.45) is 0 Å². The van der Waals surface area contributed by atoms with Crippen molar-refractivity contribution in [2.75, 3.05) is 32.5 Å². The largest absolute Gasteiger partial charge is 0.488 e. The predicted molar refractivity (Wildman–Crippen MR) is 98.7 cm³/mol. The van der Waals surface area contributed by atoms with Crippen LogP contribution in [0.25, 0.3) is 0 Å². The standard InChI is InChI=1S/C20H32N2O2/c1-14-11-18(21)19(24-16-5-6-16)12-17(14)15-7-9-22(10-8-15)20(2,3)13-23-4/h11-12,15-16H,5-10,13,21H2,1-4H3. The Kier molecular flexibility index (Phi) is 5.07. The van der Waals surface area contributed by atoms with Gasteiger partial charge in [0.1, 0.15) is 5.75 Å². The lowest BCUT2D eigenvalue weighted by molar-refractivity contribution is 0.0186. The summed E-state index contributed by atoms with van der Waals surface area (Å²) in [7, 11) is 1.79. The van der Waals surface area contributed by atoms with E-state index >= 15 is 0 Å². The van der Waals surface area contributed by atoms with E-state index < -0.39 is 0 Å². The first-order chi connectivity index (χ1) is 11.4. The highest BCUT2D eigenvalue weighted by molar-refractivity contribution is 5.57. The Morgan fingerprint density at radius 3 is 2.42 bits per heavy atom. The van der Waals surface area contributed by atoms with Crippen LogP contribution in [0.1, 0.15) is 56.6 Å². The molecule has 1 heterocycles. The maximum absolute atomic E-state index is 6.16. The highest BCUT2D eigenvalue weighted by atomic mass is 16.5. The van der Waals surface area contributed by atoms with E-state index in [9.17, 15) is 0 Å². The van der Waals surface area contributed by atoms with Gasteiger partial charge >= 0.3 is 0 Å². The van der Waals surface area contributed by atoms with E-state index in [0.717, 1.165) is 44.0 Å². The summed E-state index contributed by atoms with van der Waals surface area (Å²) in [5, 5.41) is 0. The van der Waals surface area contributed by atoms with Gasteiger partial charge in [0, 0.05) is 12.6 Å². The van der Waals surface area contributed by atoms with E-state index in [1.54, 1.807) is 7.11 Å². The summed E-state index contributed by atoms with van der Waals surface area (Å²) in [4.78, 5) is 2.56. The lowest BCUT2D eigenvalue weighted by Crippen LogP contribution is -2.50. The Labute approximate surface area is 146 Å². The molecule has 1 aliphatic carbocycles. The molecule has 0 radical (unpaired) electrons. The number of aryl methyl sites for hydroxylation is 1. The normalized spacial score (nSPS) is 20.3. The molecule has 2 fully saturated rings. The fourth-order valence-corrected chi connectivity index (χ4v) is 3.87. The number of hydrogen-bond donors (Lipinski definition) is 1. The molecule has 0 unspecified atom stereocenters. The van der Waals surface area contributed by atoms with Gasteiger partial charge in [-0.15, -0.1) is 0 Å². The van der Waals surface area contributed by atoms with Crippen LogP contribution in [0.5, 0.6) is 5.75 Å². The topological polar surface area (TPSA) is 47.7 Å². The van der Waals surface area contributed by atoms with Crippen molar-refractivity contribution in [1.82, 2.24) is 4.90 Å². The number of nitrogens with zero attached hydrogens (tertiary/aromatic N) is 1. The average Bonchev–Trinajstić information content (AvgIpc) is 3.34. The zero-order valence-corrected chi connectivity index (χ0v) is 15.6. The van der Waals surface area contributed by atoms with Crippen molar-refractivity contribution in [3.05, 3.63) is 23.3 Å². The van der Waals surface area contributed by atoms with Gasteiger partial charge in [-0.3, -0.25) is 4.90 Å². The monoisotopic (exact) mass is 332 g/mol. The zero-order valence-electron chi connectivity index (χ0n) is 15.6. The van der Waals surface area contributed by atoms with Gasteiger partial charge in [-0.1, -0.05) is 0 Å². The first-order valence-corrected chi connectivity index (χ1v) is 9.21. The van der Waals surface area contributed by atoms with Gasteiger partial charge in [-0.2, -0.15) is 0 Å². The molecule has 24 heavy (non-hydrogen) atoms. The molecular weight excluding hydrogens is 300 g/mol. The minimum absolute atomic E-state index is 0.107. The zero-order chi connectivity index (χ0) is 17.3. The van der Waals surface area contributed by atoms with Gasteiger partial charge in [0.15, 0.2) is 0 Å². The Morgan fingerprint density at radius 2 is 1.83 bits per heavy atom. The van der Waals surface area contributed by atoms with Crippen LogP contribution in [0, 0.1) is 6.92 Å². The highest BCUT2D eigenvalue weighted by Crippen LogP contribution is 2.38. The molecular formula is C20H32N2O2. The Balaban J connectivity index is 1.69. The third kappa shape index (κ3) is 3.86. The van der Waals surface area contributed by atoms with Gasteiger partial charge in [0.2, 0.25) is 0 Å². The molecule has 0 spiro atoms.